The summed E-state index contributed by atoms with van der Waals surface area (Å²) >= 11 is 1.44. The number of thioether (sulfide) groups is 1. The Hall–Kier alpha value is -2.11. The Morgan fingerprint density at radius 3 is 2.15 bits per heavy atom. The van der Waals surface area contributed by atoms with E-state index in [1.54, 1.807) is 0 Å². The van der Waals surface area contributed by atoms with E-state index in [9.17, 15) is 19.8 Å². The number of rotatable bonds is 8. The van der Waals surface area contributed by atoms with Gasteiger partial charge in [-0.2, -0.15) is 0 Å². The van der Waals surface area contributed by atoms with Crippen LogP contribution >= 0.6 is 11.8 Å². The number of carboxylic acids is 1. The number of aliphatic hydroxyl groups is 1. The maximum atomic E-state index is 13.0. The molecule has 0 aliphatic rings. The highest BCUT2D eigenvalue weighted by atomic mass is 32.2. The molecule has 0 saturated carbocycles. The summed E-state index contributed by atoms with van der Waals surface area (Å²) in [5.74, 6) is -1.34. The Morgan fingerprint density at radius 2 is 1.63 bits per heavy atom. The van der Waals surface area contributed by atoms with Gasteiger partial charge < -0.3 is 10.2 Å². The summed E-state index contributed by atoms with van der Waals surface area (Å²) in [4.78, 5) is 26.1. The van der Waals surface area contributed by atoms with Crippen LogP contribution in [0, 0.1) is 20.8 Å². The average Bonchev–Trinajstić information content (AvgIpc) is 2.59. The molecular formula is C22H26O4S. The van der Waals surface area contributed by atoms with Crippen molar-refractivity contribution in [3.05, 3.63) is 64.7 Å². The van der Waals surface area contributed by atoms with Crippen molar-refractivity contribution in [2.75, 3.05) is 5.75 Å². The van der Waals surface area contributed by atoms with Crippen LogP contribution in [0.25, 0.3) is 0 Å². The van der Waals surface area contributed by atoms with Gasteiger partial charge in [-0.15, -0.1) is 11.8 Å². The van der Waals surface area contributed by atoms with E-state index in [1.807, 2.05) is 63.2 Å². The fourth-order valence-electron chi connectivity index (χ4n) is 3.52. The van der Waals surface area contributed by atoms with Gasteiger partial charge in [-0.3, -0.25) is 9.59 Å². The first-order valence-electron chi connectivity index (χ1n) is 8.87. The molecule has 0 aromatic heterocycles. The minimum atomic E-state index is -1.68. The van der Waals surface area contributed by atoms with Gasteiger partial charge in [0.1, 0.15) is 5.41 Å². The lowest BCUT2D eigenvalue weighted by molar-refractivity contribution is -0.148. The fraction of sp³-hybridized carbons (Fsp3) is 0.364. The molecular weight excluding hydrogens is 360 g/mol. The summed E-state index contributed by atoms with van der Waals surface area (Å²) in [6, 6.07) is 13.4. The minimum Gasteiger partial charge on any atom is -0.480 e. The number of ketones is 1. The van der Waals surface area contributed by atoms with Gasteiger partial charge >= 0.3 is 5.97 Å². The van der Waals surface area contributed by atoms with Crippen molar-refractivity contribution in [3.8, 4) is 0 Å². The Morgan fingerprint density at radius 1 is 1.07 bits per heavy atom. The molecule has 0 aliphatic carbocycles. The van der Waals surface area contributed by atoms with Crippen LogP contribution in [0.5, 0.6) is 0 Å². The predicted molar refractivity (Wildman–Crippen MR) is 108 cm³/mol. The lowest BCUT2D eigenvalue weighted by Gasteiger charge is -2.28. The van der Waals surface area contributed by atoms with Gasteiger partial charge in [0.25, 0.3) is 0 Å². The number of carbonyl (C=O) groups is 2. The molecule has 0 heterocycles. The summed E-state index contributed by atoms with van der Waals surface area (Å²) in [7, 11) is 0. The number of benzene rings is 2. The summed E-state index contributed by atoms with van der Waals surface area (Å²) in [5, 5.41) is 20.2. The van der Waals surface area contributed by atoms with Crippen molar-refractivity contribution in [2.45, 2.75) is 50.5 Å². The summed E-state index contributed by atoms with van der Waals surface area (Å²) in [6.45, 7) is 7.03. The molecule has 2 aromatic rings. The molecule has 0 aliphatic heterocycles. The third kappa shape index (κ3) is 4.79. The highest BCUT2D eigenvalue weighted by Gasteiger charge is 2.45. The molecule has 0 amide bonds. The van der Waals surface area contributed by atoms with Crippen molar-refractivity contribution >= 4 is 23.5 Å². The molecule has 144 valence electrons. The van der Waals surface area contributed by atoms with Crippen LogP contribution < -0.4 is 0 Å². The second-order valence-corrected chi connectivity index (χ2v) is 8.20. The number of Topliss-reactive ketones (excluding diaryl/α,β-unsaturated/α-hetero) is 1. The Labute approximate surface area is 164 Å². The van der Waals surface area contributed by atoms with Crippen LogP contribution in [0.4, 0.5) is 0 Å². The van der Waals surface area contributed by atoms with E-state index in [0.717, 1.165) is 21.6 Å². The van der Waals surface area contributed by atoms with Crippen molar-refractivity contribution in [1.82, 2.24) is 0 Å². The van der Waals surface area contributed by atoms with Crippen molar-refractivity contribution in [1.29, 1.82) is 0 Å². The highest BCUT2D eigenvalue weighted by Crippen LogP contribution is 2.34. The monoisotopic (exact) mass is 386 g/mol. The largest absolute Gasteiger partial charge is 0.480 e. The van der Waals surface area contributed by atoms with Crippen LogP contribution in [0.3, 0.4) is 0 Å². The van der Waals surface area contributed by atoms with Crippen LogP contribution in [-0.4, -0.2) is 33.8 Å². The summed E-state index contributed by atoms with van der Waals surface area (Å²) < 4.78 is 0. The van der Waals surface area contributed by atoms with Gasteiger partial charge in [0, 0.05) is 17.1 Å². The van der Waals surface area contributed by atoms with E-state index in [2.05, 4.69) is 0 Å². The SMILES string of the molecule is Cc1cc(C)c(C(C)(C(=O)O)C(=O)CC(O)CSc2ccccc2)c(C)c1. The number of carboxylic acid groups (broad SMARTS) is 1. The van der Waals surface area contributed by atoms with E-state index in [0.29, 0.717) is 11.3 Å². The first-order valence-corrected chi connectivity index (χ1v) is 9.85. The predicted octanol–water partition coefficient (Wildman–Crippen LogP) is 4.07. The standard InChI is InChI=1S/C22H26O4S/c1-14-10-15(2)20(16(3)11-14)22(4,21(25)26)19(24)12-17(23)13-27-18-8-6-5-7-9-18/h5-11,17,23H,12-13H2,1-4H3,(H,25,26). The molecule has 2 atom stereocenters. The van der Waals surface area contributed by atoms with Crippen LogP contribution in [0.2, 0.25) is 0 Å². The van der Waals surface area contributed by atoms with E-state index in [-0.39, 0.29) is 6.42 Å². The summed E-state index contributed by atoms with van der Waals surface area (Å²) in [5.41, 5.74) is 1.42. The number of carbonyl (C=O) groups excluding carboxylic acids is 1. The average molecular weight is 387 g/mol. The van der Waals surface area contributed by atoms with Crippen molar-refractivity contribution in [3.63, 3.8) is 0 Å². The van der Waals surface area contributed by atoms with Gasteiger partial charge in [0.15, 0.2) is 5.78 Å². The van der Waals surface area contributed by atoms with Gasteiger partial charge in [-0.05, 0) is 56.5 Å². The van der Waals surface area contributed by atoms with E-state index < -0.39 is 23.3 Å². The van der Waals surface area contributed by atoms with Gasteiger partial charge in [0.05, 0.1) is 6.10 Å². The van der Waals surface area contributed by atoms with E-state index >= 15 is 0 Å². The van der Waals surface area contributed by atoms with Crippen LogP contribution in [-0.2, 0) is 15.0 Å². The number of aliphatic carboxylic acids is 1. The first kappa shape index (κ1) is 21.2. The van der Waals surface area contributed by atoms with Crippen LogP contribution in [0.1, 0.15) is 35.6 Å². The summed E-state index contributed by atoms with van der Waals surface area (Å²) in [6.07, 6.45) is -1.11. The van der Waals surface area contributed by atoms with E-state index in [4.69, 9.17) is 0 Å². The third-order valence-corrected chi connectivity index (χ3v) is 5.93. The smallest absolute Gasteiger partial charge is 0.321 e. The Kier molecular flexibility index (Phi) is 6.84. The second-order valence-electron chi connectivity index (χ2n) is 7.11. The van der Waals surface area contributed by atoms with Crippen molar-refractivity contribution in [2.24, 2.45) is 0 Å². The molecule has 0 bridgehead atoms. The van der Waals surface area contributed by atoms with Gasteiger partial charge in [0.2, 0.25) is 0 Å². The maximum absolute atomic E-state index is 13.0. The van der Waals surface area contributed by atoms with Crippen LogP contribution in [0.15, 0.2) is 47.4 Å². The van der Waals surface area contributed by atoms with Crippen molar-refractivity contribution < 1.29 is 19.8 Å². The molecule has 2 unspecified atom stereocenters. The normalized spacial score (nSPS) is 14.4. The molecule has 2 rings (SSSR count). The lowest BCUT2D eigenvalue weighted by atomic mass is 9.73. The molecule has 0 fully saturated rings. The number of hydrogen-bond donors (Lipinski definition) is 2. The molecule has 4 nitrogen and oxygen atoms in total. The lowest BCUT2D eigenvalue weighted by Crippen LogP contribution is -2.43. The third-order valence-electron chi connectivity index (χ3n) is 4.77. The zero-order valence-corrected chi connectivity index (χ0v) is 17.0. The van der Waals surface area contributed by atoms with Gasteiger partial charge in [-0.25, -0.2) is 0 Å². The fourth-order valence-corrected chi connectivity index (χ4v) is 4.37. The Bertz CT molecular complexity index is 808. The maximum Gasteiger partial charge on any atom is 0.321 e. The molecule has 0 spiro atoms. The first-order chi connectivity index (χ1) is 12.7. The number of hydrogen-bond acceptors (Lipinski definition) is 4. The van der Waals surface area contributed by atoms with E-state index in [1.165, 1.54) is 18.7 Å². The molecule has 5 heteroatoms. The zero-order valence-electron chi connectivity index (χ0n) is 16.2. The molecule has 2 N–H and O–H groups in total. The highest BCUT2D eigenvalue weighted by molar-refractivity contribution is 7.99. The molecule has 2 aromatic carbocycles. The molecule has 27 heavy (non-hydrogen) atoms. The molecule has 0 radical (unpaired) electrons. The van der Waals surface area contributed by atoms with Gasteiger partial charge in [-0.1, -0.05) is 35.9 Å². The quantitative estimate of drug-likeness (QED) is 0.528. The number of aliphatic hydroxyl groups excluding tert-OH is 1. The zero-order chi connectivity index (χ0) is 20.2. The Balaban J connectivity index is 2.21. The second kappa shape index (κ2) is 8.72. The topological polar surface area (TPSA) is 74.6 Å². The number of aryl methyl sites for hydroxylation is 3. The minimum absolute atomic E-state index is 0.199. The molecule has 0 saturated heterocycles.